The number of carbonyl (C=O) groups excluding carboxylic acids is 2. The highest BCUT2D eigenvalue weighted by molar-refractivity contribution is 6.04. The molecule has 5 heteroatoms. The van der Waals surface area contributed by atoms with Gasteiger partial charge in [0.05, 0.1) is 32.2 Å². The molecule has 1 unspecified atom stereocenters. The fraction of sp³-hybridized carbons (Fsp3) is 0.500. The second kappa shape index (κ2) is 8.42. The number of Topliss-reactive ketones (excluding diaryl/α,β-unsaturated/α-hetero) is 1. The topological polar surface area (TPSA) is 64.6 Å². The van der Waals surface area contributed by atoms with Crippen LogP contribution in [0.3, 0.4) is 0 Å². The highest BCUT2D eigenvalue weighted by atomic mass is 16.5. The molecule has 0 saturated carbocycles. The van der Waals surface area contributed by atoms with Crippen molar-refractivity contribution in [3.05, 3.63) is 29.3 Å². The van der Waals surface area contributed by atoms with E-state index in [1.165, 1.54) is 14.2 Å². The lowest BCUT2D eigenvalue weighted by Crippen LogP contribution is -2.39. The smallest absolute Gasteiger partial charge is 0.307 e. The lowest BCUT2D eigenvalue weighted by Gasteiger charge is -2.18. The third-order valence-electron chi connectivity index (χ3n) is 3.18. The van der Waals surface area contributed by atoms with E-state index in [2.05, 4.69) is 10.1 Å². The van der Waals surface area contributed by atoms with E-state index in [0.29, 0.717) is 17.9 Å². The summed E-state index contributed by atoms with van der Waals surface area (Å²) >= 11 is 0. The Kier molecular flexibility index (Phi) is 6.88. The quantitative estimate of drug-likeness (QED) is 0.587. The number of nitrogens with one attached hydrogen (secondary N) is 1. The number of benzene rings is 1. The van der Waals surface area contributed by atoms with Crippen LogP contribution in [0.2, 0.25) is 0 Å². The van der Waals surface area contributed by atoms with E-state index in [4.69, 9.17) is 4.74 Å². The van der Waals surface area contributed by atoms with Gasteiger partial charge in [0.1, 0.15) is 5.75 Å². The van der Waals surface area contributed by atoms with Crippen LogP contribution in [0.5, 0.6) is 5.75 Å². The van der Waals surface area contributed by atoms with Crippen molar-refractivity contribution >= 4 is 11.8 Å². The van der Waals surface area contributed by atoms with Crippen molar-refractivity contribution in [1.29, 1.82) is 0 Å². The summed E-state index contributed by atoms with van der Waals surface area (Å²) in [5.74, 6) is -0.0586. The van der Waals surface area contributed by atoms with Crippen LogP contribution in [-0.4, -0.2) is 38.6 Å². The van der Waals surface area contributed by atoms with Crippen LogP contribution in [-0.2, 0) is 9.53 Å². The lowest BCUT2D eigenvalue weighted by atomic mass is 9.99. The van der Waals surface area contributed by atoms with Crippen LogP contribution in [0.25, 0.3) is 0 Å². The predicted molar refractivity (Wildman–Crippen MR) is 80.8 cm³/mol. The van der Waals surface area contributed by atoms with E-state index < -0.39 is 12.0 Å². The van der Waals surface area contributed by atoms with E-state index in [0.717, 1.165) is 12.0 Å². The summed E-state index contributed by atoms with van der Waals surface area (Å²) in [6, 6.07) is 4.81. The fourth-order valence-electron chi connectivity index (χ4n) is 2.03. The highest BCUT2D eigenvalue weighted by Gasteiger charge is 2.25. The van der Waals surface area contributed by atoms with Crippen molar-refractivity contribution in [2.75, 3.05) is 20.8 Å². The first-order valence-corrected chi connectivity index (χ1v) is 7.02. The molecule has 0 aliphatic heterocycles. The number of hydrogen-bond donors (Lipinski definition) is 1. The number of ketones is 1. The van der Waals surface area contributed by atoms with Crippen LogP contribution in [0.1, 0.15) is 35.7 Å². The van der Waals surface area contributed by atoms with Crippen molar-refractivity contribution in [3.63, 3.8) is 0 Å². The number of methoxy groups -OCH3 is 2. The minimum Gasteiger partial charge on any atom is -0.496 e. The van der Waals surface area contributed by atoms with Gasteiger partial charge in [0.25, 0.3) is 0 Å². The first-order chi connectivity index (χ1) is 10.0. The fourth-order valence-corrected chi connectivity index (χ4v) is 2.03. The van der Waals surface area contributed by atoms with Gasteiger partial charge >= 0.3 is 5.97 Å². The van der Waals surface area contributed by atoms with Crippen LogP contribution in [0.15, 0.2) is 18.2 Å². The third-order valence-corrected chi connectivity index (χ3v) is 3.18. The number of aryl methyl sites for hydroxylation is 1. The first kappa shape index (κ1) is 17.2. The molecule has 0 fully saturated rings. The Morgan fingerprint density at radius 3 is 2.57 bits per heavy atom. The summed E-state index contributed by atoms with van der Waals surface area (Å²) in [5.41, 5.74) is 1.45. The summed E-state index contributed by atoms with van der Waals surface area (Å²) in [6.45, 7) is 4.56. The number of esters is 1. The van der Waals surface area contributed by atoms with Gasteiger partial charge in [0.15, 0.2) is 5.78 Å². The molecule has 1 rings (SSSR count). The maximum Gasteiger partial charge on any atom is 0.307 e. The second-order valence-corrected chi connectivity index (χ2v) is 4.85. The Morgan fingerprint density at radius 2 is 2.00 bits per heavy atom. The van der Waals surface area contributed by atoms with E-state index in [1.807, 2.05) is 19.9 Å². The van der Waals surface area contributed by atoms with E-state index >= 15 is 0 Å². The van der Waals surface area contributed by atoms with Crippen LogP contribution >= 0.6 is 0 Å². The number of carbonyl (C=O) groups is 2. The molecular weight excluding hydrogens is 270 g/mol. The molecule has 0 aromatic heterocycles. The molecule has 0 heterocycles. The maximum absolute atomic E-state index is 12.7. The van der Waals surface area contributed by atoms with Crippen molar-refractivity contribution < 1.29 is 19.1 Å². The second-order valence-electron chi connectivity index (χ2n) is 4.85. The van der Waals surface area contributed by atoms with Crippen molar-refractivity contribution in [2.45, 2.75) is 32.7 Å². The molecule has 0 spiro atoms. The summed E-state index contributed by atoms with van der Waals surface area (Å²) in [4.78, 5) is 24.2. The Hall–Kier alpha value is -1.88. The number of ether oxygens (including phenoxy) is 2. The average molecular weight is 293 g/mol. The molecule has 21 heavy (non-hydrogen) atoms. The summed E-state index contributed by atoms with van der Waals surface area (Å²) in [6.07, 6.45) is 0.877. The first-order valence-electron chi connectivity index (χ1n) is 7.02. The van der Waals surface area contributed by atoms with Crippen LogP contribution in [0, 0.1) is 6.92 Å². The summed E-state index contributed by atoms with van der Waals surface area (Å²) < 4.78 is 9.91. The molecule has 0 amide bonds. The molecule has 0 saturated heterocycles. The molecule has 1 N–H and O–H groups in total. The lowest BCUT2D eigenvalue weighted by molar-refractivity contribution is -0.140. The molecule has 5 nitrogen and oxygen atoms in total. The summed E-state index contributed by atoms with van der Waals surface area (Å²) in [5, 5.41) is 3.10. The van der Waals surface area contributed by atoms with Gasteiger partial charge in [-0.2, -0.15) is 0 Å². The Labute approximate surface area is 125 Å². The van der Waals surface area contributed by atoms with Gasteiger partial charge in [-0.3, -0.25) is 9.59 Å². The largest absolute Gasteiger partial charge is 0.496 e. The molecular formula is C16H23NO4. The summed E-state index contributed by atoms with van der Waals surface area (Å²) in [7, 11) is 2.84. The zero-order valence-corrected chi connectivity index (χ0v) is 13.1. The van der Waals surface area contributed by atoms with Gasteiger partial charge in [-0.05, 0) is 32.0 Å². The van der Waals surface area contributed by atoms with Gasteiger partial charge in [-0.15, -0.1) is 0 Å². The normalized spacial score (nSPS) is 11.8. The molecule has 116 valence electrons. The minimum absolute atomic E-state index is 0.00638. The molecule has 0 bridgehead atoms. The SMILES string of the molecule is CCCNC(CC(=O)OC)C(=O)c1cc(C)ccc1OC. The van der Waals surface area contributed by atoms with E-state index in [9.17, 15) is 9.59 Å². The monoisotopic (exact) mass is 293 g/mol. The van der Waals surface area contributed by atoms with Gasteiger partial charge in [-0.25, -0.2) is 0 Å². The van der Waals surface area contributed by atoms with Gasteiger partial charge in [-0.1, -0.05) is 18.6 Å². The van der Waals surface area contributed by atoms with E-state index in [1.54, 1.807) is 12.1 Å². The minimum atomic E-state index is -0.604. The predicted octanol–water partition coefficient (Wildman–Crippen LogP) is 2.12. The molecule has 0 aliphatic rings. The Bertz CT molecular complexity index is 499. The molecule has 0 aliphatic carbocycles. The highest BCUT2D eigenvalue weighted by Crippen LogP contribution is 2.22. The molecule has 1 atom stereocenters. The van der Waals surface area contributed by atoms with E-state index in [-0.39, 0.29) is 12.2 Å². The number of rotatable bonds is 8. The van der Waals surface area contributed by atoms with Crippen molar-refractivity contribution in [3.8, 4) is 5.75 Å². The van der Waals surface area contributed by atoms with Crippen molar-refractivity contribution in [1.82, 2.24) is 5.32 Å². The van der Waals surface area contributed by atoms with Gasteiger partial charge in [0, 0.05) is 0 Å². The molecule has 0 radical (unpaired) electrons. The third kappa shape index (κ3) is 4.86. The zero-order chi connectivity index (χ0) is 15.8. The Morgan fingerprint density at radius 1 is 1.29 bits per heavy atom. The van der Waals surface area contributed by atoms with Gasteiger partial charge < -0.3 is 14.8 Å². The molecule has 1 aromatic rings. The average Bonchev–Trinajstić information content (AvgIpc) is 2.50. The van der Waals surface area contributed by atoms with Crippen LogP contribution in [0.4, 0.5) is 0 Å². The zero-order valence-electron chi connectivity index (χ0n) is 13.1. The van der Waals surface area contributed by atoms with Crippen molar-refractivity contribution in [2.24, 2.45) is 0 Å². The number of hydrogen-bond acceptors (Lipinski definition) is 5. The Balaban J connectivity index is 3.03. The molecule has 1 aromatic carbocycles. The van der Waals surface area contributed by atoms with Gasteiger partial charge in [0.2, 0.25) is 0 Å². The standard InChI is InChI=1S/C16H23NO4/c1-5-8-17-13(10-15(18)21-4)16(19)12-9-11(2)6-7-14(12)20-3/h6-7,9,13,17H,5,8,10H2,1-4H3. The maximum atomic E-state index is 12.7. The van der Waals surface area contributed by atoms with Crippen LogP contribution < -0.4 is 10.1 Å².